The first-order valence-electron chi connectivity index (χ1n) is 7.03. The summed E-state index contributed by atoms with van der Waals surface area (Å²) >= 11 is 1.38. The van der Waals surface area contributed by atoms with Gasteiger partial charge >= 0.3 is 6.09 Å². The van der Waals surface area contributed by atoms with Crippen LogP contribution in [0.1, 0.15) is 10.5 Å². The molecule has 2 heterocycles. The number of nitrogens with zero attached hydrogens (tertiary/aromatic N) is 2. The van der Waals surface area contributed by atoms with E-state index in [0.29, 0.717) is 21.9 Å². The van der Waals surface area contributed by atoms with Gasteiger partial charge in [-0.2, -0.15) is 0 Å². The summed E-state index contributed by atoms with van der Waals surface area (Å²) in [5.74, 6) is -0.752. The van der Waals surface area contributed by atoms with Crippen LogP contribution in [0.15, 0.2) is 35.8 Å². The highest BCUT2D eigenvalue weighted by Crippen LogP contribution is 2.26. The van der Waals surface area contributed by atoms with Gasteiger partial charge in [0.25, 0.3) is 5.91 Å². The van der Waals surface area contributed by atoms with Crippen molar-refractivity contribution in [2.24, 2.45) is 0 Å². The molecule has 1 aromatic carbocycles. The number of carbonyl (C=O) groups excluding carboxylic acids is 1. The quantitative estimate of drug-likeness (QED) is 0.616. The van der Waals surface area contributed by atoms with E-state index in [2.05, 4.69) is 15.6 Å². The van der Waals surface area contributed by atoms with E-state index >= 15 is 0 Å². The van der Waals surface area contributed by atoms with Crippen molar-refractivity contribution in [3.8, 4) is 11.3 Å². The number of carbonyl (C=O) groups is 2. The lowest BCUT2D eigenvalue weighted by atomic mass is 10.1. The fourth-order valence-corrected chi connectivity index (χ4v) is 2.95. The van der Waals surface area contributed by atoms with E-state index in [-0.39, 0.29) is 24.8 Å². The van der Waals surface area contributed by atoms with Crippen LogP contribution in [-0.4, -0.2) is 39.6 Å². The number of imidazole rings is 1. The molecule has 2 aromatic heterocycles. The number of benzene rings is 1. The molecule has 3 N–H and O–H groups in total. The number of nitrogens with one attached hydrogen (secondary N) is 2. The van der Waals surface area contributed by atoms with Crippen molar-refractivity contribution in [3.05, 3.63) is 47.4 Å². The Morgan fingerprint density at radius 1 is 1.21 bits per heavy atom. The van der Waals surface area contributed by atoms with Crippen LogP contribution in [-0.2, 0) is 0 Å². The Kier molecular flexibility index (Phi) is 4.43. The van der Waals surface area contributed by atoms with Gasteiger partial charge in [0.15, 0.2) is 4.96 Å². The van der Waals surface area contributed by atoms with Gasteiger partial charge in [-0.25, -0.2) is 14.2 Å². The first kappa shape index (κ1) is 15.9. The summed E-state index contributed by atoms with van der Waals surface area (Å²) in [6.07, 6.45) is 0.575. The molecule has 0 saturated carbocycles. The van der Waals surface area contributed by atoms with E-state index in [1.54, 1.807) is 28.1 Å². The first-order valence-corrected chi connectivity index (χ1v) is 7.90. The fraction of sp³-hybridized carbons (Fsp3) is 0.133. The molecule has 0 saturated heterocycles. The molecule has 0 bridgehead atoms. The van der Waals surface area contributed by atoms with E-state index in [4.69, 9.17) is 5.11 Å². The van der Waals surface area contributed by atoms with Crippen LogP contribution in [0.2, 0.25) is 0 Å². The number of amides is 2. The van der Waals surface area contributed by atoms with E-state index in [1.807, 2.05) is 0 Å². The van der Waals surface area contributed by atoms with Gasteiger partial charge in [0, 0.05) is 30.2 Å². The molecule has 0 spiro atoms. The third kappa shape index (κ3) is 3.20. The number of aromatic nitrogens is 2. The van der Waals surface area contributed by atoms with Gasteiger partial charge in [0.05, 0.1) is 0 Å². The lowest BCUT2D eigenvalue weighted by Crippen LogP contribution is -2.34. The summed E-state index contributed by atoms with van der Waals surface area (Å²) in [4.78, 5) is 28.0. The van der Waals surface area contributed by atoms with Crippen LogP contribution >= 0.6 is 11.3 Å². The highest BCUT2D eigenvalue weighted by Gasteiger charge is 2.21. The largest absolute Gasteiger partial charge is 0.465 e. The standard InChI is InChI=1S/C15H13FN4O3S/c16-10-3-1-9(2-4-10)11-12(20-7-8-24-14(20)19-11)13(21)17-5-6-18-15(22)23/h1-4,7-8,18H,5-6H2,(H,17,21)(H,22,23). The van der Waals surface area contributed by atoms with E-state index in [9.17, 15) is 14.0 Å². The van der Waals surface area contributed by atoms with Crippen LogP contribution in [0.4, 0.5) is 9.18 Å². The molecule has 2 amide bonds. The number of halogens is 1. The lowest BCUT2D eigenvalue weighted by molar-refractivity contribution is 0.0948. The minimum absolute atomic E-state index is 0.0958. The predicted octanol–water partition coefficient (Wildman–Crippen LogP) is 2.20. The Balaban J connectivity index is 1.89. The van der Waals surface area contributed by atoms with Gasteiger partial charge in [-0.15, -0.1) is 11.3 Å². The van der Waals surface area contributed by atoms with E-state index in [1.165, 1.54) is 23.5 Å². The van der Waals surface area contributed by atoms with Crippen LogP contribution in [0.5, 0.6) is 0 Å². The number of hydrogen-bond acceptors (Lipinski definition) is 4. The molecule has 3 aromatic rings. The second-order valence-corrected chi connectivity index (χ2v) is 5.73. The smallest absolute Gasteiger partial charge is 0.404 e. The van der Waals surface area contributed by atoms with Crippen LogP contribution < -0.4 is 10.6 Å². The zero-order chi connectivity index (χ0) is 17.1. The molecule has 0 fully saturated rings. The molecule has 9 heteroatoms. The van der Waals surface area contributed by atoms with Crippen molar-refractivity contribution >= 4 is 28.3 Å². The summed E-state index contributed by atoms with van der Waals surface area (Å²) in [6, 6.07) is 5.73. The topological polar surface area (TPSA) is 95.7 Å². The number of thiazole rings is 1. The first-order chi connectivity index (χ1) is 11.6. The molecular formula is C15H13FN4O3S. The Morgan fingerprint density at radius 2 is 1.92 bits per heavy atom. The van der Waals surface area contributed by atoms with Crippen molar-refractivity contribution in [1.82, 2.24) is 20.0 Å². The lowest BCUT2D eigenvalue weighted by Gasteiger charge is -2.07. The Hall–Kier alpha value is -2.94. The second-order valence-electron chi connectivity index (χ2n) is 4.86. The zero-order valence-electron chi connectivity index (χ0n) is 12.3. The maximum atomic E-state index is 13.1. The van der Waals surface area contributed by atoms with Gasteiger partial charge in [0.2, 0.25) is 0 Å². The fourth-order valence-electron chi connectivity index (χ4n) is 2.24. The summed E-state index contributed by atoms with van der Waals surface area (Å²) in [6.45, 7) is 0.240. The monoisotopic (exact) mass is 348 g/mol. The summed E-state index contributed by atoms with van der Waals surface area (Å²) in [5.41, 5.74) is 1.40. The van der Waals surface area contributed by atoms with Gasteiger partial charge < -0.3 is 15.7 Å². The van der Waals surface area contributed by atoms with Crippen molar-refractivity contribution in [1.29, 1.82) is 0 Å². The molecule has 0 radical (unpaired) electrons. The summed E-state index contributed by atoms with van der Waals surface area (Å²) in [7, 11) is 0. The molecule has 0 unspecified atom stereocenters. The third-order valence-electron chi connectivity index (χ3n) is 3.28. The number of hydrogen-bond donors (Lipinski definition) is 3. The molecule has 0 aliphatic rings. The Labute approximate surface area is 139 Å². The van der Waals surface area contributed by atoms with Crippen LogP contribution in [0.3, 0.4) is 0 Å². The molecule has 3 rings (SSSR count). The van der Waals surface area contributed by atoms with Gasteiger partial charge in [0.1, 0.15) is 17.2 Å². The number of carboxylic acid groups (broad SMARTS) is 1. The second kappa shape index (κ2) is 6.67. The maximum Gasteiger partial charge on any atom is 0.404 e. The number of rotatable bonds is 5. The van der Waals surface area contributed by atoms with Gasteiger partial charge in [-0.1, -0.05) is 0 Å². The molecule has 7 nitrogen and oxygen atoms in total. The van der Waals surface area contributed by atoms with Crippen LogP contribution in [0, 0.1) is 5.82 Å². The van der Waals surface area contributed by atoms with Crippen molar-refractivity contribution < 1.29 is 19.1 Å². The molecule has 24 heavy (non-hydrogen) atoms. The Morgan fingerprint density at radius 3 is 2.62 bits per heavy atom. The summed E-state index contributed by atoms with van der Waals surface area (Å²) in [5, 5.41) is 15.1. The van der Waals surface area contributed by atoms with Crippen molar-refractivity contribution in [2.45, 2.75) is 0 Å². The maximum absolute atomic E-state index is 13.1. The zero-order valence-corrected chi connectivity index (χ0v) is 13.1. The van der Waals surface area contributed by atoms with Gasteiger partial charge in [-0.3, -0.25) is 9.20 Å². The molecule has 0 aliphatic carbocycles. The van der Waals surface area contributed by atoms with Crippen molar-refractivity contribution in [3.63, 3.8) is 0 Å². The highest BCUT2D eigenvalue weighted by atomic mass is 32.1. The minimum atomic E-state index is -1.15. The third-order valence-corrected chi connectivity index (χ3v) is 4.04. The SMILES string of the molecule is O=C(O)NCCNC(=O)c1c(-c2ccc(F)cc2)nc2sccn12. The average molecular weight is 348 g/mol. The normalized spacial score (nSPS) is 10.7. The predicted molar refractivity (Wildman–Crippen MR) is 86.8 cm³/mol. The highest BCUT2D eigenvalue weighted by molar-refractivity contribution is 7.15. The Bertz CT molecular complexity index is 888. The van der Waals surface area contributed by atoms with E-state index in [0.717, 1.165) is 0 Å². The average Bonchev–Trinajstić information content (AvgIpc) is 3.12. The van der Waals surface area contributed by atoms with Crippen LogP contribution in [0.25, 0.3) is 16.2 Å². The number of fused-ring (bicyclic) bond motifs is 1. The molecule has 0 atom stereocenters. The molecule has 124 valence electrons. The van der Waals surface area contributed by atoms with Gasteiger partial charge in [-0.05, 0) is 24.3 Å². The molecule has 0 aliphatic heterocycles. The summed E-state index contributed by atoms with van der Waals surface area (Å²) < 4.78 is 14.8. The van der Waals surface area contributed by atoms with E-state index < -0.39 is 6.09 Å². The molecular weight excluding hydrogens is 335 g/mol. The minimum Gasteiger partial charge on any atom is -0.465 e. The van der Waals surface area contributed by atoms with Crippen molar-refractivity contribution in [2.75, 3.05) is 13.1 Å².